The number of benzene rings is 4. The Morgan fingerprint density at radius 2 is 1.16 bits per heavy atom. The van der Waals surface area contributed by atoms with Crippen molar-refractivity contribution >= 4 is 55.5 Å². The zero-order valence-electron chi connectivity index (χ0n) is 13.3. The molecule has 0 aromatic heterocycles. The average Bonchev–Trinajstić information content (AvgIpc) is 2.66. The summed E-state index contributed by atoms with van der Waals surface area (Å²) in [7, 11) is 0. The number of anilines is 3. The van der Waals surface area contributed by atoms with Crippen LogP contribution in [0.5, 0.6) is 0 Å². The molecule has 4 aromatic rings. The lowest BCUT2D eigenvalue weighted by atomic mass is 10.1. The number of halogens is 1. The molecule has 0 amide bonds. The fraction of sp³-hybridized carbons (Fsp3) is 0. The minimum Gasteiger partial charge on any atom is -0.308 e. The van der Waals surface area contributed by atoms with E-state index in [2.05, 4.69) is 106 Å². The van der Waals surface area contributed by atoms with Gasteiger partial charge in [-0.15, -0.1) is 0 Å². The van der Waals surface area contributed by atoms with Gasteiger partial charge >= 0.3 is 0 Å². The average molecular weight is 404 g/mol. The maximum Gasteiger partial charge on any atom is 0.0601 e. The van der Waals surface area contributed by atoms with Crippen molar-refractivity contribution in [3.8, 4) is 0 Å². The Balaban J connectivity index is 1.87. The van der Waals surface area contributed by atoms with E-state index in [0.717, 1.165) is 4.47 Å². The summed E-state index contributed by atoms with van der Waals surface area (Å²) in [4.78, 5) is 4.95. The van der Waals surface area contributed by atoms with Gasteiger partial charge in [-0.05, 0) is 41.8 Å². The molecule has 0 spiro atoms. The SMILES string of the molecule is Brc1cccc2cccc(N3c4ccccc4Sc4ccccc43)c12. The zero-order chi connectivity index (χ0) is 16.8. The van der Waals surface area contributed by atoms with E-state index in [1.807, 2.05) is 11.8 Å². The van der Waals surface area contributed by atoms with Crippen LogP contribution in [-0.4, -0.2) is 0 Å². The highest BCUT2D eigenvalue weighted by atomic mass is 79.9. The van der Waals surface area contributed by atoms with Crippen LogP contribution >= 0.6 is 27.7 Å². The van der Waals surface area contributed by atoms with Gasteiger partial charge in [-0.2, -0.15) is 0 Å². The molecule has 0 bridgehead atoms. The van der Waals surface area contributed by atoms with Gasteiger partial charge in [-0.3, -0.25) is 0 Å². The summed E-state index contributed by atoms with van der Waals surface area (Å²) < 4.78 is 1.12. The Morgan fingerprint density at radius 3 is 1.84 bits per heavy atom. The van der Waals surface area contributed by atoms with Gasteiger partial charge in [-0.25, -0.2) is 0 Å². The van der Waals surface area contributed by atoms with Crippen LogP contribution in [0.1, 0.15) is 0 Å². The van der Waals surface area contributed by atoms with Crippen LogP contribution in [0, 0.1) is 0 Å². The van der Waals surface area contributed by atoms with Crippen LogP contribution in [0.25, 0.3) is 10.8 Å². The first-order valence-electron chi connectivity index (χ1n) is 8.16. The number of nitrogens with zero attached hydrogens (tertiary/aromatic N) is 1. The third kappa shape index (κ3) is 2.38. The van der Waals surface area contributed by atoms with E-state index in [0.29, 0.717) is 0 Å². The summed E-state index contributed by atoms with van der Waals surface area (Å²) >= 11 is 5.60. The second-order valence-corrected chi connectivity index (χ2v) is 7.93. The van der Waals surface area contributed by atoms with E-state index >= 15 is 0 Å². The molecule has 0 radical (unpaired) electrons. The normalized spacial score (nSPS) is 12.8. The van der Waals surface area contributed by atoms with Crippen LogP contribution in [-0.2, 0) is 0 Å². The first-order valence-corrected chi connectivity index (χ1v) is 9.77. The minimum absolute atomic E-state index is 1.12. The molecule has 5 rings (SSSR count). The molecule has 0 fully saturated rings. The molecule has 1 heterocycles. The third-order valence-corrected chi connectivity index (χ3v) is 6.30. The second-order valence-electron chi connectivity index (χ2n) is 5.99. The van der Waals surface area contributed by atoms with Gasteiger partial charge in [0.25, 0.3) is 0 Å². The molecule has 0 atom stereocenters. The fourth-order valence-electron chi connectivity index (χ4n) is 3.43. The molecule has 0 unspecified atom stereocenters. The summed E-state index contributed by atoms with van der Waals surface area (Å²) in [5.41, 5.74) is 3.66. The van der Waals surface area contributed by atoms with Crippen molar-refractivity contribution in [1.82, 2.24) is 0 Å². The standard InChI is InChI=1S/C22H14BrNS/c23-16-9-5-7-15-8-6-12-19(22(15)16)24-17-10-1-3-13-20(17)25-21-14-4-2-11-18(21)24/h1-14H. The first kappa shape index (κ1) is 15.1. The Bertz CT molecular complexity index is 1060. The topological polar surface area (TPSA) is 3.24 Å². The first-order chi connectivity index (χ1) is 12.3. The molecule has 120 valence electrons. The van der Waals surface area contributed by atoms with Gasteiger partial charge < -0.3 is 4.90 Å². The van der Waals surface area contributed by atoms with Crippen LogP contribution in [0.2, 0.25) is 0 Å². The van der Waals surface area contributed by atoms with E-state index in [1.165, 1.54) is 37.6 Å². The Morgan fingerprint density at radius 1 is 0.600 bits per heavy atom. The third-order valence-electron chi connectivity index (χ3n) is 4.50. The molecule has 1 aliphatic heterocycles. The summed E-state index contributed by atoms with van der Waals surface area (Å²) in [5.74, 6) is 0. The van der Waals surface area contributed by atoms with Crippen molar-refractivity contribution in [3.63, 3.8) is 0 Å². The van der Waals surface area contributed by atoms with Crippen molar-refractivity contribution in [2.75, 3.05) is 4.90 Å². The Kier molecular flexibility index (Phi) is 3.58. The predicted molar refractivity (Wildman–Crippen MR) is 110 cm³/mol. The molecule has 0 aliphatic carbocycles. The molecular weight excluding hydrogens is 390 g/mol. The molecule has 0 N–H and O–H groups in total. The number of rotatable bonds is 1. The number of fused-ring (bicyclic) bond motifs is 3. The molecule has 25 heavy (non-hydrogen) atoms. The Hall–Kier alpha value is -2.23. The van der Waals surface area contributed by atoms with Crippen molar-refractivity contribution in [3.05, 3.63) is 89.4 Å². The zero-order valence-corrected chi connectivity index (χ0v) is 15.7. The van der Waals surface area contributed by atoms with Crippen LogP contribution in [0.4, 0.5) is 17.1 Å². The Labute approximate surface area is 159 Å². The number of hydrogen-bond acceptors (Lipinski definition) is 2. The molecular formula is C22H14BrNS. The van der Waals surface area contributed by atoms with E-state index < -0.39 is 0 Å². The van der Waals surface area contributed by atoms with Crippen LogP contribution < -0.4 is 4.90 Å². The lowest BCUT2D eigenvalue weighted by Crippen LogP contribution is -2.15. The molecule has 1 nitrogen and oxygen atoms in total. The van der Waals surface area contributed by atoms with Crippen LogP contribution in [0.15, 0.2) is 99.2 Å². The second kappa shape index (κ2) is 5.94. The van der Waals surface area contributed by atoms with Crippen molar-refractivity contribution in [2.45, 2.75) is 9.79 Å². The van der Waals surface area contributed by atoms with Gasteiger partial charge in [0, 0.05) is 19.6 Å². The van der Waals surface area contributed by atoms with E-state index in [4.69, 9.17) is 0 Å². The highest BCUT2D eigenvalue weighted by Crippen LogP contribution is 2.52. The molecule has 0 saturated carbocycles. The van der Waals surface area contributed by atoms with Crippen molar-refractivity contribution in [1.29, 1.82) is 0 Å². The van der Waals surface area contributed by atoms with Gasteiger partial charge in [0.2, 0.25) is 0 Å². The maximum atomic E-state index is 3.76. The number of hydrogen-bond donors (Lipinski definition) is 0. The highest BCUT2D eigenvalue weighted by molar-refractivity contribution is 9.10. The van der Waals surface area contributed by atoms with Gasteiger partial charge in [0.15, 0.2) is 0 Å². The lowest BCUT2D eigenvalue weighted by molar-refractivity contribution is 1.17. The smallest absolute Gasteiger partial charge is 0.0601 e. The van der Waals surface area contributed by atoms with Crippen molar-refractivity contribution in [2.24, 2.45) is 0 Å². The lowest BCUT2D eigenvalue weighted by Gasteiger charge is -2.33. The summed E-state index contributed by atoms with van der Waals surface area (Å²) in [6, 6.07) is 30.1. The van der Waals surface area contributed by atoms with E-state index in [9.17, 15) is 0 Å². The largest absolute Gasteiger partial charge is 0.308 e. The number of para-hydroxylation sites is 2. The van der Waals surface area contributed by atoms with E-state index in [1.54, 1.807) is 0 Å². The van der Waals surface area contributed by atoms with Crippen LogP contribution in [0.3, 0.4) is 0 Å². The molecule has 0 saturated heterocycles. The monoisotopic (exact) mass is 403 g/mol. The quantitative estimate of drug-likeness (QED) is 0.284. The summed E-state index contributed by atoms with van der Waals surface area (Å²) in [6.45, 7) is 0. The van der Waals surface area contributed by atoms with Gasteiger partial charge in [0.05, 0.1) is 17.1 Å². The fourth-order valence-corrected chi connectivity index (χ4v) is 5.07. The maximum absolute atomic E-state index is 3.76. The molecule has 3 heteroatoms. The highest BCUT2D eigenvalue weighted by Gasteiger charge is 2.25. The molecule has 1 aliphatic rings. The molecule has 4 aromatic carbocycles. The van der Waals surface area contributed by atoms with Gasteiger partial charge in [-0.1, -0.05) is 76.2 Å². The van der Waals surface area contributed by atoms with Gasteiger partial charge in [0.1, 0.15) is 0 Å². The summed E-state index contributed by atoms with van der Waals surface area (Å²) in [6.07, 6.45) is 0. The minimum atomic E-state index is 1.12. The van der Waals surface area contributed by atoms with Crippen molar-refractivity contribution < 1.29 is 0 Å². The summed E-state index contributed by atoms with van der Waals surface area (Å²) in [5, 5.41) is 2.47. The predicted octanol–water partition coefficient (Wildman–Crippen LogP) is 7.54. The van der Waals surface area contributed by atoms with E-state index in [-0.39, 0.29) is 0 Å².